The number of nitrogens with zero attached hydrogens (tertiary/aromatic N) is 1. The van der Waals surface area contributed by atoms with Crippen molar-refractivity contribution in [3.8, 4) is 0 Å². The van der Waals surface area contributed by atoms with Crippen molar-refractivity contribution in [2.75, 3.05) is 26.7 Å². The van der Waals surface area contributed by atoms with Crippen LogP contribution in [0.1, 0.15) is 41.6 Å². The maximum Gasteiger partial charge on any atom is 0.251 e. The third kappa shape index (κ3) is 6.65. The summed E-state index contributed by atoms with van der Waals surface area (Å²) in [5.74, 6) is -0.0435. The highest BCUT2D eigenvalue weighted by Crippen LogP contribution is 2.19. The molecule has 0 spiro atoms. The molecular weight excluding hydrogens is 340 g/mol. The van der Waals surface area contributed by atoms with Gasteiger partial charge in [0.15, 0.2) is 0 Å². The summed E-state index contributed by atoms with van der Waals surface area (Å²) in [4.78, 5) is 25.6. The summed E-state index contributed by atoms with van der Waals surface area (Å²) < 4.78 is 0. The first-order valence-electron chi connectivity index (χ1n) is 8.66. The number of nitrogens with two attached hydrogens (primary N) is 1. The number of piperidine rings is 1. The second-order valence-electron chi connectivity index (χ2n) is 6.24. The molecule has 0 radical (unpaired) electrons. The molecule has 1 aromatic carbocycles. The standard InChI is InChI=1S/C18H28N4O2.ClH/c1-20-18(24)15-7-5-14(6-8-15)13-22-11-3-2-4-16(22)12-21-17(23)9-10-19;/h5-8,16H,2-4,9-13,19H2,1H3,(H,20,24)(H,21,23);1H. The summed E-state index contributed by atoms with van der Waals surface area (Å²) in [6, 6.07) is 8.08. The molecule has 1 unspecified atom stereocenters. The van der Waals surface area contributed by atoms with Crippen molar-refractivity contribution in [3.63, 3.8) is 0 Å². The Kier molecular flexibility index (Phi) is 9.49. The smallest absolute Gasteiger partial charge is 0.251 e. The molecule has 6 nitrogen and oxygen atoms in total. The molecule has 1 aliphatic rings. The average Bonchev–Trinajstić information content (AvgIpc) is 2.61. The molecule has 1 aromatic rings. The molecule has 1 heterocycles. The van der Waals surface area contributed by atoms with Gasteiger partial charge in [-0.15, -0.1) is 12.4 Å². The Hall–Kier alpha value is -1.63. The monoisotopic (exact) mass is 368 g/mol. The van der Waals surface area contributed by atoms with Crippen molar-refractivity contribution in [2.45, 2.75) is 38.3 Å². The predicted molar refractivity (Wildman–Crippen MR) is 102 cm³/mol. The van der Waals surface area contributed by atoms with E-state index in [1.54, 1.807) is 7.05 Å². The number of carbonyl (C=O) groups is 2. The lowest BCUT2D eigenvalue weighted by molar-refractivity contribution is -0.121. The van der Waals surface area contributed by atoms with Crippen molar-refractivity contribution in [1.82, 2.24) is 15.5 Å². The molecule has 1 fully saturated rings. The summed E-state index contributed by atoms with van der Waals surface area (Å²) >= 11 is 0. The maximum absolute atomic E-state index is 11.6. The Labute approximate surface area is 155 Å². The van der Waals surface area contributed by atoms with Crippen LogP contribution in [-0.4, -0.2) is 49.4 Å². The number of hydrogen-bond donors (Lipinski definition) is 3. The van der Waals surface area contributed by atoms with Crippen LogP contribution in [-0.2, 0) is 11.3 Å². The summed E-state index contributed by atoms with van der Waals surface area (Å²) in [6.07, 6.45) is 3.86. The Balaban J connectivity index is 0.00000312. The first kappa shape index (κ1) is 21.4. The molecule has 25 heavy (non-hydrogen) atoms. The molecule has 1 atom stereocenters. The van der Waals surface area contributed by atoms with E-state index in [0.29, 0.717) is 31.1 Å². The molecule has 2 amide bonds. The zero-order chi connectivity index (χ0) is 17.4. The van der Waals surface area contributed by atoms with Crippen LogP contribution in [0.4, 0.5) is 0 Å². The number of rotatable bonds is 7. The Bertz CT molecular complexity index is 551. The van der Waals surface area contributed by atoms with Gasteiger partial charge in [0.05, 0.1) is 0 Å². The number of nitrogens with one attached hydrogen (secondary N) is 2. The van der Waals surface area contributed by atoms with E-state index in [1.165, 1.54) is 18.4 Å². The molecule has 7 heteroatoms. The van der Waals surface area contributed by atoms with Crippen molar-refractivity contribution < 1.29 is 9.59 Å². The van der Waals surface area contributed by atoms with Crippen LogP contribution in [0, 0.1) is 0 Å². The van der Waals surface area contributed by atoms with E-state index in [4.69, 9.17) is 5.73 Å². The number of hydrogen-bond acceptors (Lipinski definition) is 4. The molecule has 0 aromatic heterocycles. The molecule has 140 valence electrons. The van der Waals surface area contributed by atoms with E-state index < -0.39 is 0 Å². The van der Waals surface area contributed by atoms with Gasteiger partial charge in [-0.1, -0.05) is 18.6 Å². The SMILES string of the molecule is CNC(=O)c1ccc(CN2CCCCC2CNC(=O)CCN)cc1.Cl. The van der Waals surface area contributed by atoms with Gasteiger partial charge in [-0.3, -0.25) is 14.5 Å². The Morgan fingerprint density at radius 2 is 1.96 bits per heavy atom. The number of likely N-dealkylation sites (tertiary alicyclic amines) is 1. The lowest BCUT2D eigenvalue weighted by atomic mass is 10.0. The first-order chi connectivity index (χ1) is 11.6. The lowest BCUT2D eigenvalue weighted by Gasteiger charge is -2.36. The van der Waals surface area contributed by atoms with Crippen molar-refractivity contribution in [2.24, 2.45) is 5.73 Å². The van der Waals surface area contributed by atoms with Crippen LogP contribution in [0.25, 0.3) is 0 Å². The van der Waals surface area contributed by atoms with Gasteiger partial charge in [-0.25, -0.2) is 0 Å². The third-order valence-corrected chi connectivity index (χ3v) is 4.48. The maximum atomic E-state index is 11.6. The summed E-state index contributed by atoms with van der Waals surface area (Å²) in [6.45, 7) is 2.94. The van der Waals surface area contributed by atoms with Gasteiger partial charge in [-0.2, -0.15) is 0 Å². The second kappa shape index (κ2) is 11.1. The second-order valence-corrected chi connectivity index (χ2v) is 6.24. The Morgan fingerprint density at radius 3 is 2.60 bits per heavy atom. The predicted octanol–water partition coefficient (Wildman–Crippen LogP) is 1.29. The zero-order valence-electron chi connectivity index (χ0n) is 14.8. The minimum absolute atomic E-state index is 0. The van der Waals surface area contributed by atoms with E-state index in [0.717, 1.165) is 19.5 Å². The van der Waals surface area contributed by atoms with Gasteiger partial charge in [0.1, 0.15) is 0 Å². The zero-order valence-corrected chi connectivity index (χ0v) is 15.6. The van der Waals surface area contributed by atoms with Crippen molar-refractivity contribution in [1.29, 1.82) is 0 Å². The lowest BCUT2D eigenvalue weighted by Crippen LogP contribution is -2.46. The van der Waals surface area contributed by atoms with Crippen LogP contribution >= 0.6 is 12.4 Å². The van der Waals surface area contributed by atoms with Crippen LogP contribution in [0.15, 0.2) is 24.3 Å². The molecule has 0 bridgehead atoms. The minimum Gasteiger partial charge on any atom is -0.355 e. The van der Waals surface area contributed by atoms with Gasteiger partial charge < -0.3 is 16.4 Å². The molecular formula is C18H29ClN4O2. The number of benzene rings is 1. The summed E-state index contributed by atoms with van der Waals surface area (Å²) in [5.41, 5.74) is 7.27. The van der Waals surface area contributed by atoms with E-state index in [1.807, 2.05) is 24.3 Å². The van der Waals surface area contributed by atoms with Crippen LogP contribution in [0.2, 0.25) is 0 Å². The molecule has 0 aliphatic carbocycles. The quantitative estimate of drug-likeness (QED) is 0.676. The highest BCUT2D eigenvalue weighted by atomic mass is 35.5. The minimum atomic E-state index is -0.0694. The fourth-order valence-corrected chi connectivity index (χ4v) is 3.09. The topological polar surface area (TPSA) is 87.5 Å². The highest BCUT2D eigenvalue weighted by molar-refractivity contribution is 5.93. The van der Waals surface area contributed by atoms with Crippen LogP contribution in [0.5, 0.6) is 0 Å². The molecule has 1 aliphatic heterocycles. The van der Waals surface area contributed by atoms with Gasteiger partial charge in [0.25, 0.3) is 5.91 Å². The van der Waals surface area contributed by atoms with Gasteiger partial charge in [0, 0.05) is 44.7 Å². The largest absolute Gasteiger partial charge is 0.355 e. The van der Waals surface area contributed by atoms with Gasteiger partial charge in [-0.05, 0) is 37.1 Å². The van der Waals surface area contributed by atoms with E-state index in [-0.39, 0.29) is 24.2 Å². The third-order valence-electron chi connectivity index (χ3n) is 4.48. The summed E-state index contributed by atoms with van der Waals surface area (Å²) in [5, 5.41) is 5.62. The van der Waals surface area contributed by atoms with E-state index >= 15 is 0 Å². The number of amides is 2. The average molecular weight is 369 g/mol. The molecule has 2 rings (SSSR count). The van der Waals surface area contributed by atoms with E-state index in [2.05, 4.69) is 15.5 Å². The van der Waals surface area contributed by atoms with Crippen LogP contribution < -0.4 is 16.4 Å². The first-order valence-corrected chi connectivity index (χ1v) is 8.66. The van der Waals surface area contributed by atoms with Gasteiger partial charge in [0.2, 0.25) is 5.91 Å². The molecule has 1 saturated heterocycles. The van der Waals surface area contributed by atoms with Crippen molar-refractivity contribution >= 4 is 24.2 Å². The molecule has 0 saturated carbocycles. The van der Waals surface area contributed by atoms with Gasteiger partial charge >= 0.3 is 0 Å². The van der Waals surface area contributed by atoms with E-state index in [9.17, 15) is 9.59 Å². The summed E-state index contributed by atoms with van der Waals surface area (Å²) in [7, 11) is 1.63. The molecule has 4 N–H and O–H groups in total. The normalized spacial score (nSPS) is 17.4. The fourth-order valence-electron chi connectivity index (χ4n) is 3.09. The van der Waals surface area contributed by atoms with Crippen molar-refractivity contribution in [3.05, 3.63) is 35.4 Å². The number of halogens is 1. The number of carbonyl (C=O) groups excluding carboxylic acids is 2. The fraction of sp³-hybridized carbons (Fsp3) is 0.556. The highest BCUT2D eigenvalue weighted by Gasteiger charge is 2.22. The Morgan fingerprint density at radius 1 is 1.24 bits per heavy atom. The van der Waals surface area contributed by atoms with Crippen LogP contribution in [0.3, 0.4) is 0 Å².